The van der Waals surface area contributed by atoms with E-state index in [1.165, 1.54) is 5.57 Å². The standard InChI is InChI=1S/C30H48O5/c1-17-9-12-30(25(34)35)14-13-28(5)19(23(30)18(17)2)7-8-22-26(3)15-20(32)24(33)27(4,16-31)21(26)10-11-29(22,28)6/h7,17-18,20-24,31-33H,8-16H2,1-6H3,(H,34,35)/t17-,18+,20-,21?,22-,23+,24+,26+,27?,28-,29-,30+/m1/s1. The summed E-state index contributed by atoms with van der Waals surface area (Å²) >= 11 is 0. The van der Waals surface area contributed by atoms with Crippen molar-refractivity contribution in [2.24, 2.45) is 56.7 Å². The highest BCUT2D eigenvalue weighted by Gasteiger charge is 2.70. The molecule has 0 heterocycles. The first kappa shape index (κ1) is 25.7. The number of hydrogen-bond donors (Lipinski definition) is 4. The summed E-state index contributed by atoms with van der Waals surface area (Å²) in [6.45, 7) is 13.6. The molecule has 0 amide bonds. The summed E-state index contributed by atoms with van der Waals surface area (Å²) < 4.78 is 0. The second-order valence-corrected chi connectivity index (χ2v) is 14.5. The molecule has 5 nitrogen and oxygen atoms in total. The molecule has 4 N–H and O–H groups in total. The number of fused-ring (bicyclic) bond motifs is 7. The molecule has 0 aliphatic heterocycles. The topological polar surface area (TPSA) is 98.0 Å². The fourth-order valence-corrected chi connectivity index (χ4v) is 11.0. The molecule has 0 bridgehead atoms. The van der Waals surface area contributed by atoms with Crippen LogP contribution in [0, 0.1) is 56.7 Å². The third-order valence-electron chi connectivity index (χ3n) is 13.5. The molecule has 35 heavy (non-hydrogen) atoms. The predicted molar refractivity (Wildman–Crippen MR) is 135 cm³/mol. The zero-order valence-electron chi connectivity index (χ0n) is 22.7. The molecule has 5 aliphatic carbocycles. The molecular formula is C30H48O5. The monoisotopic (exact) mass is 488 g/mol. The number of allylic oxidation sites excluding steroid dienone is 2. The third kappa shape index (κ3) is 2.95. The van der Waals surface area contributed by atoms with Crippen LogP contribution in [0.15, 0.2) is 11.6 Å². The van der Waals surface area contributed by atoms with Crippen LogP contribution in [0.4, 0.5) is 0 Å². The Hall–Kier alpha value is -0.910. The molecule has 5 aliphatic rings. The maximum Gasteiger partial charge on any atom is 0.310 e. The van der Waals surface area contributed by atoms with E-state index in [2.05, 4.69) is 40.7 Å². The fraction of sp³-hybridized carbons (Fsp3) is 0.900. The summed E-state index contributed by atoms with van der Waals surface area (Å²) in [6, 6.07) is 0. The molecule has 0 aromatic heterocycles. The van der Waals surface area contributed by atoms with Crippen LogP contribution in [0.2, 0.25) is 0 Å². The van der Waals surface area contributed by atoms with Crippen molar-refractivity contribution in [2.45, 2.75) is 105 Å². The van der Waals surface area contributed by atoms with Crippen molar-refractivity contribution in [2.75, 3.05) is 6.61 Å². The fourth-order valence-electron chi connectivity index (χ4n) is 11.0. The summed E-state index contributed by atoms with van der Waals surface area (Å²) in [7, 11) is 0. The SMILES string of the molecule is C[C@H]1[C@H](C)CC[C@]2(C(=O)O)CC[C@]3(C)C(=CC[C@@H]4[C@@]5(C)C[C@@H](O)[C@H](O)C(C)(CO)C5CC[C@]43C)[C@H]12. The highest BCUT2D eigenvalue weighted by atomic mass is 16.4. The third-order valence-corrected chi connectivity index (χ3v) is 13.5. The Balaban J connectivity index is 1.62. The van der Waals surface area contributed by atoms with Crippen LogP contribution in [-0.2, 0) is 4.79 Å². The summed E-state index contributed by atoms with van der Waals surface area (Å²) in [6.07, 6.45) is 7.51. The van der Waals surface area contributed by atoms with E-state index in [1.54, 1.807) is 0 Å². The number of rotatable bonds is 2. The second kappa shape index (κ2) is 7.80. The normalized spacial score (nSPS) is 57.7. The lowest BCUT2D eigenvalue weighted by molar-refractivity contribution is -0.244. The van der Waals surface area contributed by atoms with Gasteiger partial charge < -0.3 is 20.4 Å². The van der Waals surface area contributed by atoms with E-state index in [9.17, 15) is 25.2 Å². The number of aliphatic carboxylic acids is 1. The Labute approximate surface area is 211 Å². The van der Waals surface area contributed by atoms with Crippen LogP contribution in [0.5, 0.6) is 0 Å². The molecular weight excluding hydrogens is 440 g/mol. The Kier molecular flexibility index (Phi) is 5.73. The molecule has 0 radical (unpaired) electrons. The van der Waals surface area contributed by atoms with Gasteiger partial charge in [-0.2, -0.15) is 0 Å². The Bertz CT molecular complexity index is 930. The van der Waals surface area contributed by atoms with E-state index in [0.29, 0.717) is 24.2 Å². The van der Waals surface area contributed by atoms with Crippen LogP contribution in [0.25, 0.3) is 0 Å². The van der Waals surface area contributed by atoms with Crippen molar-refractivity contribution in [1.29, 1.82) is 0 Å². The molecule has 0 aromatic rings. The van der Waals surface area contributed by atoms with Crippen LogP contribution >= 0.6 is 0 Å². The molecule has 0 spiro atoms. The molecule has 5 heteroatoms. The maximum atomic E-state index is 12.8. The molecule has 4 fully saturated rings. The van der Waals surface area contributed by atoms with E-state index >= 15 is 0 Å². The van der Waals surface area contributed by atoms with Gasteiger partial charge in [-0.05, 0) is 97.2 Å². The largest absolute Gasteiger partial charge is 0.481 e. The van der Waals surface area contributed by atoms with E-state index in [4.69, 9.17) is 0 Å². The minimum absolute atomic E-state index is 0.00815. The van der Waals surface area contributed by atoms with Gasteiger partial charge in [0.25, 0.3) is 0 Å². The van der Waals surface area contributed by atoms with E-state index < -0.39 is 29.0 Å². The Morgan fingerprint density at radius 3 is 2.31 bits per heavy atom. The molecule has 4 saturated carbocycles. The van der Waals surface area contributed by atoms with Crippen LogP contribution in [-0.4, -0.2) is 45.2 Å². The minimum Gasteiger partial charge on any atom is -0.481 e. The number of carbonyl (C=O) groups is 1. The van der Waals surface area contributed by atoms with Gasteiger partial charge in [-0.25, -0.2) is 0 Å². The quantitative estimate of drug-likeness (QED) is 0.409. The number of aliphatic hydroxyl groups is 3. The van der Waals surface area contributed by atoms with Gasteiger partial charge in [0.15, 0.2) is 0 Å². The maximum absolute atomic E-state index is 12.8. The van der Waals surface area contributed by atoms with Gasteiger partial charge in [0.05, 0.1) is 24.2 Å². The average Bonchev–Trinajstić information content (AvgIpc) is 2.80. The van der Waals surface area contributed by atoms with Gasteiger partial charge in [0.1, 0.15) is 0 Å². The highest BCUT2D eigenvalue weighted by molar-refractivity contribution is 5.76. The first-order valence-corrected chi connectivity index (χ1v) is 14.1. The smallest absolute Gasteiger partial charge is 0.310 e. The molecule has 198 valence electrons. The predicted octanol–water partition coefficient (Wildman–Crippen LogP) is 5.03. The van der Waals surface area contributed by atoms with E-state index in [0.717, 1.165) is 44.9 Å². The van der Waals surface area contributed by atoms with Gasteiger partial charge in [-0.3, -0.25) is 4.79 Å². The molecule has 12 atom stereocenters. The van der Waals surface area contributed by atoms with Gasteiger partial charge >= 0.3 is 5.97 Å². The van der Waals surface area contributed by atoms with Crippen molar-refractivity contribution in [3.05, 3.63) is 11.6 Å². The first-order chi connectivity index (χ1) is 16.2. The van der Waals surface area contributed by atoms with Crippen molar-refractivity contribution in [1.82, 2.24) is 0 Å². The number of aliphatic hydroxyl groups excluding tert-OH is 3. The lowest BCUT2D eigenvalue weighted by Crippen LogP contribution is -2.68. The van der Waals surface area contributed by atoms with E-state index in [1.807, 2.05) is 6.92 Å². The van der Waals surface area contributed by atoms with E-state index in [-0.39, 0.29) is 34.7 Å². The lowest BCUT2D eigenvalue weighted by atomic mass is 9.33. The minimum atomic E-state index is -0.907. The number of carboxylic acid groups (broad SMARTS) is 1. The summed E-state index contributed by atoms with van der Waals surface area (Å²) in [5, 5.41) is 42.9. The van der Waals surface area contributed by atoms with Crippen LogP contribution < -0.4 is 0 Å². The lowest BCUT2D eigenvalue weighted by Gasteiger charge is -2.71. The van der Waals surface area contributed by atoms with Gasteiger partial charge in [-0.15, -0.1) is 0 Å². The van der Waals surface area contributed by atoms with Gasteiger partial charge in [-0.1, -0.05) is 53.2 Å². The van der Waals surface area contributed by atoms with Gasteiger partial charge in [0.2, 0.25) is 0 Å². The summed E-state index contributed by atoms with van der Waals surface area (Å²) in [5.74, 6) is 0.828. The second-order valence-electron chi connectivity index (χ2n) is 14.5. The number of carboxylic acids is 1. The zero-order chi connectivity index (χ0) is 25.8. The number of hydrogen-bond acceptors (Lipinski definition) is 4. The zero-order valence-corrected chi connectivity index (χ0v) is 22.7. The van der Waals surface area contributed by atoms with Crippen molar-refractivity contribution < 1.29 is 25.2 Å². The summed E-state index contributed by atoms with van der Waals surface area (Å²) in [5.41, 5.74) is -0.214. The van der Waals surface area contributed by atoms with Crippen LogP contribution in [0.3, 0.4) is 0 Å². The van der Waals surface area contributed by atoms with Crippen molar-refractivity contribution in [3.8, 4) is 0 Å². The van der Waals surface area contributed by atoms with Crippen LogP contribution in [0.1, 0.15) is 92.9 Å². The first-order valence-electron chi connectivity index (χ1n) is 14.1. The molecule has 0 aromatic carbocycles. The summed E-state index contributed by atoms with van der Waals surface area (Å²) in [4.78, 5) is 12.8. The van der Waals surface area contributed by atoms with Crippen molar-refractivity contribution in [3.63, 3.8) is 0 Å². The molecule has 2 unspecified atom stereocenters. The van der Waals surface area contributed by atoms with Crippen molar-refractivity contribution >= 4 is 5.97 Å². The highest BCUT2D eigenvalue weighted by Crippen LogP contribution is 2.75. The average molecular weight is 489 g/mol. The Morgan fingerprint density at radius 1 is 1.00 bits per heavy atom. The molecule has 0 saturated heterocycles. The molecule has 5 rings (SSSR count). The van der Waals surface area contributed by atoms with Gasteiger partial charge in [0, 0.05) is 5.41 Å². The Morgan fingerprint density at radius 2 is 1.69 bits per heavy atom.